The second kappa shape index (κ2) is 5.76. The van der Waals surface area contributed by atoms with Crippen LogP contribution in [0.1, 0.15) is 11.1 Å². The van der Waals surface area contributed by atoms with Gasteiger partial charge in [0.2, 0.25) is 0 Å². The van der Waals surface area contributed by atoms with Gasteiger partial charge in [0.05, 0.1) is 0 Å². The molecule has 0 radical (unpaired) electrons. The van der Waals surface area contributed by atoms with Crippen LogP contribution in [0.5, 0.6) is 11.5 Å². The molecule has 0 atom stereocenters. The van der Waals surface area contributed by atoms with Crippen LogP contribution in [0.3, 0.4) is 0 Å². The average Bonchev–Trinajstić information content (AvgIpc) is 2.71. The van der Waals surface area contributed by atoms with E-state index < -0.39 is 0 Å². The van der Waals surface area contributed by atoms with Crippen LogP contribution in [0.25, 0.3) is 0 Å². The largest absolute Gasteiger partial charge is 0.492 e. The summed E-state index contributed by atoms with van der Waals surface area (Å²) in [5, 5.41) is 3.32. The van der Waals surface area contributed by atoms with Gasteiger partial charge in [-0.3, -0.25) is 0 Å². The van der Waals surface area contributed by atoms with Gasteiger partial charge >= 0.3 is 0 Å². The molecule has 0 aliphatic carbocycles. The standard InChI is InChI=1S/C16H17NO2/c1-2-4-13(5-3-1)12-19-15-6-7-16-14(10-15)11-17-8-9-18-16/h1-7,10,17H,8-9,11-12H2. The van der Waals surface area contributed by atoms with Crippen molar-refractivity contribution in [2.24, 2.45) is 0 Å². The molecule has 0 fully saturated rings. The zero-order chi connectivity index (χ0) is 12.9. The highest BCUT2D eigenvalue weighted by atomic mass is 16.5. The fourth-order valence-electron chi connectivity index (χ4n) is 2.12. The Morgan fingerprint density at radius 1 is 1.11 bits per heavy atom. The second-order valence-corrected chi connectivity index (χ2v) is 4.57. The third kappa shape index (κ3) is 3.06. The van der Waals surface area contributed by atoms with Gasteiger partial charge in [-0.25, -0.2) is 0 Å². The molecule has 0 unspecified atom stereocenters. The molecule has 0 bridgehead atoms. The number of rotatable bonds is 3. The summed E-state index contributed by atoms with van der Waals surface area (Å²) in [5.41, 5.74) is 2.33. The lowest BCUT2D eigenvalue weighted by Crippen LogP contribution is -2.16. The Morgan fingerprint density at radius 2 is 2.00 bits per heavy atom. The van der Waals surface area contributed by atoms with Crippen LogP contribution in [-0.4, -0.2) is 13.2 Å². The van der Waals surface area contributed by atoms with Crippen molar-refractivity contribution in [3.05, 3.63) is 59.7 Å². The van der Waals surface area contributed by atoms with Gasteiger partial charge in [0.1, 0.15) is 24.7 Å². The highest BCUT2D eigenvalue weighted by Gasteiger charge is 2.09. The van der Waals surface area contributed by atoms with E-state index in [4.69, 9.17) is 9.47 Å². The first-order valence-electron chi connectivity index (χ1n) is 6.55. The summed E-state index contributed by atoms with van der Waals surface area (Å²) in [7, 11) is 0. The van der Waals surface area contributed by atoms with Gasteiger partial charge in [-0.05, 0) is 23.8 Å². The molecular weight excluding hydrogens is 238 g/mol. The summed E-state index contributed by atoms with van der Waals surface area (Å²) >= 11 is 0. The maximum Gasteiger partial charge on any atom is 0.124 e. The maximum absolute atomic E-state index is 5.82. The molecule has 19 heavy (non-hydrogen) atoms. The molecular formula is C16H17NO2. The molecule has 0 saturated carbocycles. The Balaban J connectivity index is 1.70. The molecule has 98 valence electrons. The third-order valence-electron chi connectivity index (χ3n) is 3.13. The first-order chi connectivity index (χ1) is 9.42. The molecule has 2 aromatic rings. The van der Waals surface area contributed by atoms with Crippen molar-refractivity contribution in [3.8, 4) is 11.5 Å². The SMILES string of the molecule is c1ccc(COc2ccc3c(c2)CNCCO3)cc1. The molecule has 0 amide bonds. The van der Waals surface area contributed by atoms with Gasteiger partial charge in [0.15, 0.2) is 0 Å². The van der Waals surface area contributed by atoms with Gasteiger partial charge in [-0.15, -0.1) is 0 Å². The third-order valence-corrected chi connectivity index (χ3v) is 3.13. The van der Waals surface area contributed by atoms with E-state index in [1.807, 2.05) is 30.3 Å². The molecule has 3 heteroatoms. The minimum absolute atomic E-state index is 0.591. The fraction of sp³-hybridized carbons (Fsp3) is 0.250. The van der Waals surface area contributed by atoms with E-state index in [-0.39, 0.29) is 0 Å². The Kier molecular flexibility index (Phi) is 3.65. The highest BCUT2D eigenvalue weighted by Crippen LogP contribution is 2.25. The van der Waals surface area contributed by atoms with Gasteiger partial charge in [-0.2, -0.15) is 0 Å². The molecule has 0 aromatic heterocycles. The van der Waals surface area contributed by atoms with Gasteiger partial charge in [0, 0.05) is 18.7 Å². The number of fused-ring (bicyclic) bond motifs is 1. The molecule has 1 aliphatic rings. The van der Waals surface area contributed by atoms with Crippen molar-refractivity contribution in [2.75, 3.05) is 13.2 Å². The lowest BCUT2D eigenvalue weighted by atomic mass is 10.2. The van der Waals surface area contributed by atoms with Crippen molar-refractivity contribution in [1.29, 1.82) is 0 Å². The number of ether oxygens (including phenoxy) is 2. The van der Waals surface area contributed by atoms with Crippen molar-refractivity contribution in [1.82, 2.24) is 5.32 Å². The van der Waals surface area contributed by atoms with Crippen LogP contribution >= 0.6 is 0 Å². The molecule has 0 spiro atoms. The van der Waals surface area contributed by atoms with Gasteiger partial charge < -0.3 is 14.8 Å². The van der Waals surface area contributed by atoms with E-state index in [2.05, 4.69) is 23.5 Å². The first kappa shape index (κ1) is 12.1. The summed E-state index contributed by atoms with van der Waals surface area (Å²) in [6, 6.07) is 16.2. The molecule has 1 heterocycles. The van der Waals surface area contributed by atoms with Crippen molar-refractivity contribution < 1.29 is 9.47 Å². The zero-order valence-electron chi connectivity index (χ0n) is 10.8. The van der Waals surface area contributed by atoms with Crippen LogP contribution in [0, 0.1) is 0 Å². The Hall–Kier alpha value is -2.00. The van der Waals surface area contributed by atoms with Crippen LogP contribution < -0.4 is 14.8 Å². The van der Waals surface area contributed by atoms with Gasteiger partial charge in [0.25, 0.3) is 0 Å². The molecule has 1 aliphatic heterocycles. The van der Waals surface area contributed by atoms with Crippen LogP contribution in [0.15, 0.2) is 48.5 Å². The zero-order valence-corrected chi connectivity index (χ0v) is 10.8. The Morgan fingerprint density at radius 3 is 2.89 bits per heavy atom. The Labute approximate surface area is 113 Å². The van der Waals surface area contributed by atoms with E-state index in [1.165, 1.54) is 5.56 Å². The normalized spacial score (nSPS) is 14.1. The van der Waals surface area contributed by atoms with Crippen molar-refractivity contribution in [3.63, 3.8) is 0 Å². The van der Waals surface area contributed by atoms with Crippen LogP contribution in [0.4, 0.5) is 0 Å². The number of benzene rings is 2. The quantitative estimate of drug-likeness (QED) is 0.914. The van der Waals surface area contributed by atoms with E-state index in [0.717, 1.165) is 36.8 Å². The average molecular weight is 255 g/mol. The predicted molar refractivity (Wildman–Crippen MR) is 74.4 cm³/mol. The minimum atomic E-state index is 0.591. The summed E-state index contributed by atoms with van der Waals surface area (Å²) in [6.07, 6.45) is 0. The summed E-state index contributed by atoms with van der Waals surface area (Å²) in [6.45, 7) is 3.03. The van der Waals surface area contributed by atoms with Crippen LogP contribution in [-0.2, 0) is 13.2 Å². The summed E-state index contributed by atoms with van der Waals surface area (Å²) in [5.74, 6) is 1.84. The molecule has 1 N–H and O–H groups in total. The second-order valence-electron chi connectivity index (χ2n) is 4.57. The molecule has 0 saturated heterocycles. The topological polar surface area (TPSA) is 30.5 Å². The summed E-state index contributed by atoms with van der Waals surface area (Å²) < 4.78 is 11.5. The first-order valence-corrected chi connectivity index (χ1v) is 6.55. The molecule has 2 aromatic carbocycles. The maximum atomic E-state index is 5.82. The fourth-order valence-corrected chi connectivity index (χ4v) is 2.12. The van der Waals surface area contributed by atoms with E-state index >= 15 is 0 Å². The highest BCUT2D eigenvalue weighted by molar-refractivity contribution is 5.40. The van der Waals surface area contributed by atoms with E-state index in [9.17, 15) is 0 Å². The monoisotopic (exact) mass is 255 g/mol. The van der Waals surface area contributed by atoms with Crippen LogP contribution in [0.2, 0.25) is 0 Å². The minimum Gasteiger partial charge on any atom is -0.492 e. The molecule has 3 rings (SSSR count). The number of hydrogen-bond donors (Lipinski definition) is 1. The lowest BCUT2D eigenvalue weighted by molar-refractivity contribution is 0.303. The van der Waals surface area contributed by atoms with Gasteiger partial charge in [-0.1, -0.05) is 30.3 Å². The smallest absolute Gasteiger partial charge is 0.124 e. The van der Waals surface area contributed by atoms with Crippen molar-refractivity contribution >= 4 is 0 Å². The van der Waals surface area contributed by atoms with E-state index in [0.29, 0.717) is 6.61 Å². The number of nitrogens with one attached hydrogen (secondary N) is 1. The molecule has 3 nitrogen and oxygen atoms in total. The predicted octanol–water partition coefficient (Wildman–Crippen LogP) is 2.75. The Bertz CT molecular complexity index is 540. The number of hydrogen-bond acceptors (Lipinski definition) is 3. The van der Waals surface area contributed by atoms with Crippen molar-refractivity contribution in [2.45, 2.75) is 13.2 Å². The lowest BCUT2D eigenvalue weighted by Gasteiger charge is -2.10. The van der Waals surface area contributed by atoms with E-state index in [1.54, 1.807) is 0 Å². The summed E-state index contributed by atoms with van der Waals surface area (Å²) in [4.78, 5) is 0.